The average Bonchev–Trinajstić information content (AvgIpc) is 3.19. The molecule has 0 aromatic heterocycles. The largest absolute Gasteiger partial charge is 0.481 e. The molecule has 55 heavy (non-hydrogen) atoms. The van der Waals surface area contributed by atoms with Crippen LogP contribution in [0.2, 0.25) is 0 Å². The Morgan fingerprint density at radius 3 is 1.80 bits per heavy atom. The number of carboxylic acids is 1. The van der Waals surface area contributed by atoms with Gasteiger partial charge in [-0.3, -0.25) is 4.79 Å². The summed E-state index contributed by atoms with van der Waals surface area (Å²) >= 11 is 0. The second-order valence-electron chi connectivity index (χ2n) is 16.3. The van der Waals surface area contributed by atoms with Crippen molar-refractivity contribution in [1.29, 1.82) is 0 Å². The molecule has 0 saturated carbocycles. The molecule has 1 aliphatic heterocycles. The molecule has 0 amide bonds. The molecule has 1 heterocycles. The lowest BCUT2D eigenvalue weighted by Crippen LogP contribution is -2.32. The van der Waals surface area contributed by atoms with Crippen LogP contribution in [0.3, 0.4) is 0 Å². The van der Waals surface area contributed by atoms with Gasteiger partial charge < -0.3 is 14.4 Å². The zero-order valence-corrected chi connectivity index (χ0v) is 36.2. The summed E-state index contributed by atoms with van der Waals surface area (Å²) in [6.07, 6.45) is 33.3. The Hall–Kier alpha value is -3.08. The number of benzene rings is 2. The number of aliphatic carboxylic acids is 1. The van der Waals surface area contributed by atoms with Gasteiger partial charge in [-0.25, -0.2) is 4.58 Å². The quantitative estimate of drug-likeness (QED) is 0.0298. The second kappa shape index (κ2) is 28.3. The minimum atomic E-state index is -0.725. The van der Waals surface area contributed by atoms with Gasteiger partial charge in [0.2, 0.25) is 5.36 Å². The molecule has 1 aliphatic carbocycles. The maximum atomic E-state index is 12.8. The first-order valence-electron chi connectivity index (χ1n) is 23.2. The predicted molar refractivity (Wildman–Crippen MR) is 239 cm³/mol. The molecule has 308 valence electrons. The van der Waals surface area contributed by atoms with E-state index in [0.29, 0.717) is 12.8 Å². The number of anilines is 1. The van der Waals surface area contributed by atoms with Crippen LogP contribution in [0.5, 0.6) is 0 Å². The molecule has 5 nitrogen and oxygen atoms in total. The van der Waals surface area contributed by atoms with Gasteiger partial charge in [0.1, 0.15) is 24.4 Å². The molecule has 0 radical (unpaired) electrons. The van der Waals surface area contributed by atoms with Gasteiger partial charge in [-0.05, 0) is 62.3 Å². The van der Waals surface area contributed by atoms with Crippen LogP contribution in [0.4, 0.5) is 5.69 Å². The van der Waals surface area contributed by atoms with E-state index in [-0.39, 0.29) is 0 Å². The van der Waals surface area contributed by atoms with Gasteiger partial charge in [0.05, 0.1) is 12.0 Å². The van der Waals surface area contributed by atoms with Crippen LogP contribution in [-0.2, 0) is 11.2 Å². The molecule has 5 heteroatoms. The van der Waals surface area contributed by atoms with Crippen molar-refractivity contribution in [3.8, 4) is 11.3 Å². The van der Waals surface area contributed by atoms with Crippen molar-refractivity contribution in [3.05, 3.63) is 59.5 Å². The molecule has 1 atom stereocenters. The minimum Gasteiger partial charge on any atom is -0.481 e. The first kappa shape index (κ1) is 46.3. The van der Waals surface area contributed by atoms with E-state index in [1.807, 2.05) is 0 Å². The van der Waals surface area contributed by atoms with Crippen molar-refractivity contribution in [2.45, 2.75) is 189 Å². The highest BCUT2D eigenvalue weighted by atomic mass is 16.4. The van der Waals surface area contributed by atoms with E-state index in [1.165, 1.54) is 94.5 Å². The molecular formula is C50H81N2O3+. The summed E-state index contributed by atoms with van der Waals surface area (Å²) in [6.45, 7) is 15.4. The van der Waals surface area contributed by atoms with E-state index in [9.17, 15) is 9.90 Å². The third-order valence-electron chi connectivity index (χ3n) is 11.5. The van der Waals surface area contributed by atoms with Crippen LogP contribution in [0.15, 0.2) is 53.0 Å². The molecule has 1 unspecified atom stereocenters. The Kier molecular flexibility index (Phi) is 23.9. The van der Waals surface area contributed by atoms with E-state index >= 15 is 0 Å². The van der Waals surface area contributed by atoms with Crippen LogP contribution in [0.25, 0.3) is 22.3 Å². The standard InChI is InChI=1S/C50H80N2O3/c1-6-11-16-17-18-19-20-21-22-23-24-25-26-27-28-29-30-42(50(53)54)39-47-45-33-31-43(51(35-12-7-2)36-13-8-3)40-48(45)55-49-41-44(32-34-46(47)49)52(37-14-9-4)38-15-10-5/h28-29,31-34,40-42H,6-27,30,35-39H2,1-5H3/p+1/b29-28+. The van der Waals surface area contributed by atoms with Gasteiger partial charge in [0.15, 0.2) is 0 Å². The van der Waals surface area contributed by atoms with E-state index in [2.05, 4.69) is 92.6 Å². The first-order valence-corrected chi connectivity index (χ1v) is 23.2. The van der Waals surface area contributed by atoms with E-state index in [4.69, 9.17) is 4.42 Å². The highest BCUT2D eigenvalue weighted by molar-refractivity contribution is 5.90. The van der Waals surface area contributed by atoms with E-state index in [1.54, 1.807) is 0 Å². The molecule has 1 aromatic carbocycles. The van der Waals surface area contributed by atoms with E-state index in [0.717, 1.165) is 112 Å². The number of nitrogens with zero attached hydrogens (tertiary/aromatic N) is 2. The van der Waals surface area contributed by atoms with Crippen LogP contribution in [-0.4, -0.2) is 37.3 Å². The lowest BCUT2D eigenvalue weighted by molar-refractivity contribution is -0.141. The summed E-state index contributed by atoms with van der Waals surface area (Å²) in [5, 5.41) is 12.7. The van der Waals surface area contributed by atoms with Crippen molar-refractivity contribution < 1.29 is 14.3 Å². The van der Waals surface area contributed by atoms with Gasteiger partial charge in [0.25, 0.3) is 0 Å². The monoisotopic (exact) mass is 758 g/mol. The summed E-state index contributed by atoms with van der Waals surface area (Å²) in [5.41, 5.74) is 4.17. The van der Waals surface area contributed by atoms with Gasteiger partial charge >= 0.3 is 5.97 Å². The Morgan fingerprint density at radius 2 is 1.24 bits per heavy atom. The number of carboxylic acid groups (broad SMARTS) is 1. The average molecular weight is 758 g/mol. The number of carbonyl (C=O) groups is 1. The Labute approximate surface area is 337 Å². The Balaban J connectivity index is 1.77. The topological polar surface area (TPSA) is 56.7 Å². The van der Waals surface area contributed by atoms with Crippen LogP contribution in [0.1, 0.15) is 188 Å². The normalized spacial score (nSPS) is 12.3. The molecule has 2 aliphatic rings. The number of allylic oxidation sites excluding steroid dienone is 2. The van der Waals surface area contributed by atoms with Crippen LogP contribution >= 0.6 is 0 Å². The first-order chi connectivity index (χ1) is 27.0. The van der Waals surface area contributed by atoms with Gasteiger partial charge in [0, 0.05) is 54.7 Å². The van der Waals surface area contributed by atoms with Crippen molar-refractivity contribution in [1.82, 2.24) is 4.58 Å². The minimum absolute atomic E-state index is 0.477. The van der Waals surface area contributed by atoms with Crippen molar-refractivity contribution in [3.63, 3.8) is 0 Å². The fourth-order valence-corrected chi connectivity index (χ4v) is 7.88. The fraction of sp³-hybridized carbons (Fsp3) is 0.680. The zero-order chi connectivity index (χ0) is 39.5. The highest BCUT2D eigenvalue weighted by Crippen LogP contribution is 2.36. The molecule has 1 N–H and O–H groups in total. The molecule has 0 spiro atoms. The van der Waals surface area contributed by atoms with Gasteiger partial charge in [-0.1, -0.05) is 150 Å². The maximum absolute atomic E-state index is 12.8. The van der Waals surface area contributed by atoms with Crippen molar-refractivity contribution in [2.24, 2.45) is 5.92 Å². The summed E-state index contributed by atoms with van der Waals surface area (Å²) in [4.78, 5) is 15.3. The number of hydrogen-bond donors (Lipinski definition) is 1. The number of fused-ring (bicyclic) bond motifs is 2. The Bertz CT molecular complexity index is 1520. The number of unbranched alkanes of at least 4 members (excludes halogenated alkanes) is 17. The molecule has 1 aromatic rings. The van der Waals surface area contributed by atoms with Crippen LogP contribution in [0, 0.1) is 5.92 Å². The second-order valence-corrected chi connectivity index (χ2v) is 16.3. The summed E-state index contributed by atoms with van der Waals surface area (Å²) < 4.78 is 9.31. The van der Waals surface area contributed by atoms with Gasteiger partial charge in [-0.2, -0.15) is 0 Å². The molecule has 0 bridgehead atoms. The third-order valence-corrected chi connectivity index (χ3v) is 11.5. The molecule has 0 fully saturated rings. The maximum Gasteiger partial charge on any atom is 0.307 e. The molecular weight excluding hydrogens is 677 g/mol. The fourth-order valence-electron chi connectivity index (χ4n) is 7.88. The SMILES string of the molecule is CCCCCCCCCCCCCCC/C=C/CC(Cc1c2ccc(=[N+](CCCC)CCCC)cc-2oc2cc(N(CCCC)CCCC)ccc12)C(=O)O. The van der Waals surface area contributed by atoms with Gasteiger partial charge in [-0.15, -0.1) is 0 Å². The number of rotatable bonds is 32. The van der Waals surface area contributed by atoms with Crippen molar-refractivity contribution >= 4 is 22.6 Å². The number of hydrogen-bond acceptors (Lipinski definition) is 3. The summed E-state index contributed by atoms with van der Waals surface area (Å²) in [5.74, 6) is -0.366. The molecule has 3 rings (SSSR count). The summed E-state index contributed by atoms with van der Waals surface area (Å²) in [7, 11) is 0. The third kappa shape index (κ3) is 16.9. The lowest BCUT2D eigenvalue weighted by atomic mass is 9.89. The highest BCUT2D eigenvalue weighted by Gasteiger charge is 2.24. The van der Waals surface area contributed by atoms with Crippen molar-refractivity contribution in [2.75, 3.05) is 31.1 Å². The molecule has 0 saturated heterocycles. The van der Waals surface area contributed by atoms with E-state index < -0.39 is 11.9 Å². The zero-order valence-electron chi connectivity index (χ0n) is 36.2. The smallest absolute Gasteiger partial charge is 0.307 e. The predicted octanol–water partition coefficient (Wildman–Crippen LogP) is 14.0. The summed E-state index contributed by atoms with van der Waals surface area (Å²) in [6, 6.07) is 13.3. The Morgan fingerprint density at radius 1 is 0.673 bits per heavy atom. The lowest BCUT2D eigenvalue weighted by Gasteiger charge is -2.25. The van der Waals surface area contributed by atoms with Crippen LogP contribution < -0.4 is 14.8 Å².